The first-order valence-corrected chi connectivity index (χ1v) is 3.79. The van der Waals surface area contributed by atoms with Crippen LogP contribution in [0.3, 0.4) is 0 Å². The molecular weight excluding hydrogens is 168 g/mol. The molecule has 0 aliphatic heterocycles. The van der Waals surface area contributed by atoms with Crippen LogP contribution in [0.25, 0.3) is 0 Å². The summed E-state index contributed by atoms with van der Waals surface area (Å²) in [4.78, 5) is 11.1. The molecule has 4 nitrogen and oxygen atoms in total. The van der Waals surface area contributed by atoms with Crippen molar-refractivity contribution < 1.29 is 10.0 Å². The Hall–Kier alpha value is -1.84. The van der Waals surface area contributed by atoms with Crippen LogP contribution in [-0.4, -0.2) is 16.8 Å². The van der Waals surface area contributed by atoms with E-state index in [0.29, 0.717) is 5.69 Å². The molecule has 13 heavy (non-hydrogen) atoms. The average molecular weight is 178 g/mol. The lowest BCUT2D eigenvalue weighted by molar-refractivity contribution is -0.110. The Kier molecular flexibility index (Phi) is 3.03. The van der Waals surface area contributed by atoms with Gasteiger partial charge in [-0.25, -0.2) is 0 Å². The maximum Gasteiger partial charge on any atom is 0.273 e. The van der Waals surface area contributed by atoms with Gasteiger partial charge in [-0.3, -0.25) is 4.79 Å². The summed E-state index contributed by atoms with van der Waals surface area (Å²) in [6.07, 6.45) is 0. The number of oxime groups is 1. The van der Waals surface area contributed by atoms with Gasteiger partial charge in [-0.1, -0.05) is 23.4 Å². The van der Waals surface area contributed by atoms with Gasteiger partial charge in [0.15, 0.2) is 0 Å². The third-order valence-corrected chi connectivity index (χ3v) is 1.51. The smallest absolute Gasteiger partial charge is 0.273 e. The lowest BCUT2D eigenvalue weighted by Crippen LogP contribution is -2.19. The molecule has 1 aromatic rings. The van der Waals surface area contributed by atoms with E-state index in [0.717, 1.165) is 0 Å². The third-order valence-electron chi connectivity index (χ3n) is 1.51. The topological polar surface area (TPSA) is 61.7 Å². The van der Waals surface area contributed by atoms with Gasteiger partial charge < -0.3 is 10.5 Å². The van der Waals surface area contributed by atoms with Crippen LogP contribution in [0.4, 0.5) is 5.69 Å². The Labute approximate surface area is 75.9 Å². The SMILES string of the molecule is C/C(=N\O)C(=O)Nc1ccccc1. The van der Waals surface area contributed by atoms with E-state index in [1.807, 2.05) is 6.07 Å². The lowest BCUT2D eigenvalue weighted by Gasteiger charge is -2.02. The van der Waals surface area contributed by atoms with Gasteiger partial charge in [-0.15, -0.1) is 0 Å². The normalized spacial score (nSPS) is 11.0. The molecule has 0 aliphatic rings. The van der Waals surface area contributed by atoms with Gasteiger partial charge in [0.1, 0.15) is 5.71 Å². The zero-order valence-electron chi connectivity index (χ0n) is 7.19. The second-order valence-corrected chi connectivity index (χ2v) is 2.51. The largest absolute Gasteiger partial charge is 0.410 e. The molecule has 0 saturated heterocycles. The lowest BCUT2D eigenvalue weighted by atomic mass is 10.3. The van der Waals surface area contributed by atoms with Crippen LogP contribution >= 0.6 is 0 Å². The van der Waals surface area contributed by atoms with Gasteiger partial charge >= 0.3 is 0 Å². The molecule has 2 N–H and O–H groups in total. The standard InChI is InChI=1S/C9H10N2O2/c1-7(11-13)9(12)10-8-5-3-2-4-6-8/h2-6,13H,1H3,(H,10,12)/b11-7+. The van der Waals surface area contributed by atoms with Crippen LogP contribution in [0.2, 0.25) is 0 Å². The Bertz CT molecular complexity index is 320. The van der Waals surface area contributed by atoms with Crippen molar-refractivity contribution >= 4 is 17.3 Å². The van der Waals surface area contributed by atoms with Gasteiger partial charge in [0.25, 0.3) is 5.91 Å². The number of rotatable bonds is 2. The molecule has 68 valence electrons. The van der Waals surface area contributed by atoms with Crippen LogP contribution in [0.15, 0.2) is 35.5 Å². The van der Waals surface area contributed by atoms with E-state index >= 15 is 0 Å². The molecule has 0 spiro atoms. The van der Waals surface area contributed by atoms with Crippen molar-refractivity contribution in [3.8, 4) is 0 Å². The Morgan fingerprint density at radius 3 is 2.54 bits per heavy atom. The van der Waals surface area contributed by atoms with Gasteiger partial charge in [-0.2, -0.15) is 0 Å². The van der Waals surface area contributed by atoms with Crippen molar-refractivity contribution in [2.45, 2.75) is 6.92 Å². The summed E-state index contributed by atoms with van der Waals surface area (Å²) >= 11 is 0. The molecule has 0 fully saturated rings. The zero-order chi connectivity index (χ0) is 9.68. The van der Waals surface area contributed by atoms with Gasteiger partial charge in [0, 0.05) is 5.69 Å². The predicted molar refractivity (Wildman–Crippen MR) is 50.0 cm³/mol. The van der Waals surface area contributed by atoms with Crippen LogP contribution < -0.4 is 5.32 Å². The first kappa shape index (κ1) is 9.25. The highest BCUT2D eigenvalue weighted by atomic mass is 16.4. The number of anilines is 1. The second-order valence-electron chi connectivity index (χ2n) is 2.51. The van der Waals surface area contributed by atoms with Crippen LogP contribution in [0, 0.1) is 0 Å². The highest BCUT2D eigenvalue weighted by Gasteiger charge is 2.05. The summed E-state index contributed by atoms with van der Waals surface area (Å²) in [6.45, 7) is 1.43. The summed E-state index contributed by atoms with van der Waals surface area (Å²) in [7, 11) is 0. The molecule has 0 saturated carbocycles. The number of nitrogens with zero attached hydrogens (tertiary/aromatic N) is 1. The predicted octanol–water partition coefficient (Wildman–Crippen LogP) is 1.48. The first-order valence-electron chi connectivity index (χ1n) is 3.79. The van der Waals surface area contributed by atoms with Gasteiger partial charge in [0.2, 0.25) is 0 Å². The molecule has 0 aromatic heterocycles. The number of carbonyl (C=O) groups excluding carboxylic acids is 1. The highest BCUT2D eigenvalue weighted by Crippen LogP contribution is 2.04. The number of hydrogen-bond donors (Lipinski definition) is 2. The van der Waals surface area contributed by atoms with E-state index in [-0.39, 0.29) is 5.71 Å². The second kappa shape index (κ2) is 4.25. The molecule has 0 heterocycles. The van der Waals surface area contributed by atoms with E-state index in [1.54, 1.807) is 24.3 Å². The fourth-order valence-corrected chi connectivity index (χ4v) is 0.788. The number of amides is 1. The van der Waals surface area contributed by atoms with Crippen LogP contribution in [0.5, 0.6) is 0 Å². The van der Waals surface area contributed by atoms with E-state index in [1.165, 1.54) is 6.92 Å². The number of nitrogens with one attached hydrogen (secondary N) is 1. The molecule has 4 heteroatoms. The third kappa shape index (κ3) is 2.59. The molecule has 1 rings (SSSR count). The average Bonchev–Trinajstić information content (AvgIpc) is 2.18. The summed E-state index contributed by atoms with van der Waals surface area (Å²) in [5, 5.41) is 13.7. The Morgan fingerprint density at radius 1 is 1.38 bits per heavy atom. The molecule has 1 aromatic carbocycles. The van der Waals surface area contributed by atoms with Crippen molar-refractivity contribution in [3.63, 3.8) is 0 Å². The minimum Gasteiger partial charge on any atom is -0.410 e. The summed E-state index contributed by atoms with van der Waals surface area (Å²) in [5.74, 6) is -0.409. The van der Waals surface area contributed by atoms with E-state index in [4.69, 9.17) is 5.21 Å². The first-order chi connectivity index (χ1) is 6.24. The van der Waals surface area contributed by atoms with Crippen molar-refractivity contribution in [1.82, 2.24) is 0 Å². The molecule has 0 unspecified atom stereocenters. The molecule has 1 amide bonds. The number of benzene rings is 1. The van der Waals surface area contributed by atoms with E-state index in [9.17, 15) is 4.79 Å². The summed E-state index contributed by atoms with van der Waals surface area (Å²) in [6, 6.07) is 8.97. The molecule has 0 bridgehead atoms. The maximum atomic E-state index is 11.1. The summed E-state index contributed by atoms with van der Waals surface area (Å²) < 4.78 is 0. The number of para-hydroxylation sites is 1. The number of hydrogen-bond acceptors (Lipinski definition) is 3. The monoisotopic (exact) mass is 178 g/mol. The van der Waals surface area contributed by atoms with Crippen LogP contribution in [0.1, 0.15) is 6.92 Å². The zero-order valence-corrected chi connectivity index (χ0v) is 7.19. The fraction of sp³-hybridized carbons (Fsp3) is 0.111. The van der Waals surface area contributed by atoms with Crippen molar-refractivity contribution in [1.29, 1.82) is 0 Å². The molecule has 0 atom stereocenters. The Balaban J connectivity index is 2.66. The minimum atomic E-state index is -0.409. The van der Waals surface area contributed by atoms with Crippen molar-refractivity contribution in [3.05, 3.63) is 30.3 Å². The van der Waals surface area contributed by atoms with Gasteiger partial charge in [0.05, 0.1) is 0 Å². The number of carbonyl (C=O) groups is 1. The highest BCUT2D eigenvalue weighted by molar-refractivity contribution is 6.42. The van der Waals surface area contributed by atoms with E-state index < -0.39 is 5.91 Å². The maximum absolute atomic E-state index is 11.1. The molecular formula is C9H10N2O2. The fourth-order valence-electron chi connectivity index (χ4n) is 0.788. The Morgan fingerprint density at radius 2 is 2.00 bits per heavy atom. The quantitative estimate of drug-likeness (QED) is 0.409. The van der Waals surface area contributed by atoms with E-state index in [2.05, 4.69) is 10.5 Å². The van der Waals surface area contributed by atoms with Gasteiger partial charge in [-0.05, 0) is 19.1 Å². The minimum absolute atomic E-state index is 0.0313. The van der Waals surface area contributed by atoms with Crippen molar-refractivity contribution in [2.75, 3.05) is 5.32 Å². The summed E-state index contributed by atoms with van der Waals surface area (Å²) in [5.41, 5.74) is 0.708. The van der Waals surface area contributed by atoms with Crippen LogP contribution in [-0.2, 0) is 4.79 Å². The van der Waals surface area contributed by atoms with Crippen molar-refractivity contribution in [2.24, 2.45) is 5.16 Å². The molecule has 0 radical (unpaired) electrons. The molecule has 0 aliphatic carbocycles.